The largest absolute Gasteiger partial charge is 1.00 e. The quantitative estimate of drug-likeness (QED) is 0.399. The average molecular weight is 160 g/mol. The van der Waals surface area contributed by atoms with Gasteiger partial charge in [0.2, 0.25) is 0 Å². The van der Waals surface area contributed by atoms with Crippen LogP contribution in [0.5, 0.6) is 0 Å². The second kappa shape index (κ2) is 4.65. The molecule has 0 aromatic rings. The molecule has 6 heteroatoms. The summed E-state index contributed by atoms with van der Waals surface area (Å²) in [4.78, 5) is 0. The Bertz CT molecular complexity index is 153. The van der Waals surface area contributed by atoms with Gasteiger partial charge in [0.1, 0.15) is 10.2 Å². The van der Waals surface area contributed by atoms with E-state index in [0.29, 0.717) is 0 Å². The second-order valence-electron chi connectivity index (χ2n) is 1.44. The van der Waals surface area contributed by atoms with Gasteiger partial charge in [-0.25, -0.2) is 12.7 Å². The standard InChI is InChI=1S/C3H9N2O2S.Na/c1-4-8(6,7)5(2)3;/h1-3H3;/q-1;+1. The van der Waals surface area contributed by atoms with Gasteiger partial charge in [0.15, 0.2) is 0 Å². The number of rotatable bonds is 2. The summed E-state index contributed by atoms with van der Waals surface area (Å²) in [6, 6.07) is 0. The Hall–Kier alpha value is 0.870. The van der Waals surface area contributed by atoms with E-state index < -0.39 is 10.2 Å². The molecule has 0 fully saturated rings. The van der Waals surface area contributed by atoms with Gasteiger partial charge in [0, 0.05) is 14.1 Å². The Morgan fingerprint density at radius 1 is 1.33 bits per heavy atom. The van der Waals surface area contributed by atoms with Gasteiger partial charge in [-0.3, -0.25) is 0 Å². The summed E-state index contributed by atoms with van der Waals surface area (Å²) in [6.07, 6.45) is 0. The molecule has 0 radical (unpaired) electrons. The summed E-state index contributed by atoms with van der Waals surface area (Å²) in [7, 11) is 0.833. The van der Waals surface area contributed by atoms with E-state index in [2.05, 4.69) is 4.72 Å². The van der Waals surface area contributed by atoms with Crippen LogP contribution in [0.3, 0.4) is 0 Å². The van der Waals surface area contributed by atoms with E-state index in [-0.39, 0.29) is 29.6 Å². The first-order valence-corrected chi connectivity index (χ1v) is 3.44. The molecule has 0 rings (SSSR count). The van der Waals surface area contributed by atoms with Crippen LogP contribution in [0.15, 0.2) is 0 Å². The topological polar surface area (TPSA) is 51.5 Å². The zero-order valence-electron chi connectivity index (χ0n) is 6.12. The maximum atomic E-state index is 10.5. The van der Waals surface area contributed by atoms with Gasteiger partial charge in [-0.05, 0) is 0 Å². The van der Waals surface area contributed by atoms with E-state index in [4.69, 9.17) is 0 Å². The molecule has 0 bridgehead atoms. The Balaban J connectivity index is 0. The summed E-state index contributed by atoms with van der Waals surface area (Å²) in [5.41, 5.74) is 0. The molecule has 0 amide bonds. The molecule has 0 saturated carbocycles. The molecule has 4 nitrogen and oxygen atoms in total. The smallest absolute Gasteiger partial charge is 0.538 e. The molecule has 0 aliphatic rings. The molecule has 0 N–H and O–H groups in total. The number of hydrogen-bond donors (Lipinski definition) is 0. The van der Waals surface area contributed by atoms with Crippen molar-refractivity contribution < 1.29 is 38.0 Å². The van der Waals surface area contributed by atoms with Gasteiger partial charge in [-0.1, -0.05) is 0 Å². The molecule has 50 valence electrons. The van der Waals surface area contributed by atoms with Gasteiger partial charge in [0.05, 0.1) is 0 Å². The number of nitrogens with zero attached hydrogens (tertiary/aromatic N) is 2. The van der Waals surface area contributed by atoms with Gasteiger partial charge < -0.3 is 4.72 Å². The van der Waals surface area contributed by atoms with Crippen LogP contribution in [0.2, 0.25) is 0 Å². The fourth-order valence-electron chi connectivity index (χ4n) is 0.163. The van der Waals surface area contributed by atoms with Crippen molar-refractivity contribution >= 4 is 10.2 Å². The second-order valence-corrected chi connectivity index (χ2v) is 3.43. The van der Waals surface area contributed by atoms with Gasteiger partial charge >= 0.3 is 29.6 Å². The van der Waals surface area contributed by atoms with Gasteiger partial charge in [0.25, 0.3) is 0 Å². The predicted octanol–water partition coefficient (Wildman–Crippen LogP) is -3.20. The maximum absolute atomic E-state index is 10.5. The average Bonchev–Trinajstić information content (AvgIpc) is 1.67. The summed E-state index contributed by atoms with van der Waals surface area (Å²) < 4.78 is 25.1. The van der Waals surface area contributed by atoms with Crippen LogP contribution in [0.4, 0.5) is 0 Å². The monoisotopic (exact) mass is 160 g/mol. The summed E-state index contributed by atoms with van der Waals surface area (Å²) in [5, 5.41) is 0. The molecule has 0 spiro atoms. The van der Waals surface area contributed by atoms with Crippen molar-refractivity contribution in [3.63, 3.8) is 0 Å². The Morgan fingerprint density at radius 3 is 1.67 bits per heavy atom. The first-order chi connectivity index (χ1) is 3.50. The third kappa shape index (κ3) is 4.30. The van der Waals surface area contributed by atoms with Crippen LogP contribution in [0.25, 0.3) is 4.72 Å². The first-order valence-electron chi connectivity index (χ1n) is 2.04. The molecule has 9 heavy (non-hydrogen) atoms. The van der Waals surface area contributed by atoms with Crippen molar-refractivity contribution in [3.8, 4) is 0 Å². The zero-order valence-corrected chi connectivity index (χ0v) is 8.94. The first kappa shape index (κ1) is 12.5. The van der Waals surface area contributed by atoms with Crippen LogP contribution in [0.1, 0.15) is 0 Å². The van der Waals surface area contributed by atoms with Crippen molar-refractivity contribution in [1.29, 1.82) is 0 Å². The van der Waals surface area contributed by atoms with E-state index in [9.17, 15) is 8.42 Å². The van der Waals surface area contributed by atoms with Gasteiger partial charge in [-0.15, -0.1) is 7.05 Å². The fraction of sp³-hybridized carbons (Fsp3) is 1.00. The molecule has 0 aliphatic carbocycles. The van der Waals surface area contributed by atoms with E-state index in [1.807, 2.05) is 0 Å². The van der Waals surface area contributed by atoms with E-state index in [1.54, 1.807) is 0 Å². The molecule has 0 saturated heterocycles. The Labute approximate surface area is 78.1 Å². The van der Waals surface area contributed by atoms with Crippen LogP contribution in [-0.4, -0.2) is 33.9 Å². The number of hydrogen-bond acceptors (Lipinski definition) is 2. The molecule has 0 aromatic heterocycles. The fourth-order valence-corrected chi connectivity index (χ4v) is 0.490. The third-order valence-corrected chi connectivity index (χ3v) is 2.08. The summed E-state index contributed by atoms with van der Waals surface area (Å²) in [5.74, 6) is 0. The predicted molar refractivity (Wildman–Crippen MR) is 31.9 cm³/mol. The van der Waals surface area contributed by atoms with Crippen LogP contribution in [0, 0.1) is 0 Å². The zero-order chi connectivity index (χ0) is 6.78. The summed E-state index contributed by atoms with van der Waals surface area (Å²) >= 11 is 0. The Kier molecular flexibility index (Phi) is 6.48. The van der Waals surface area contributed by atoms with Crippen molar-refractivity contribution in [1.82, 2.24) is 4.31 Å². The van der Waals surface area contributed by atoms with E-state index >= 15 is 0 Å². The van der Waals surface area contributed by atoms with Crippen molar-refractivity contribution in [2.24, 2.45) is 0 Å². The molecular weight excluding hydrogens is 151 g/mol. The molecule has 0 aromatic carbocycles. The maximum Gasteiger partial charge on any atom is 1.00 e. The van der Waals surface area contributed by atoms with E-state index in [1.165, 1.54) is 21.1 Å². The molecule has 0 heterocycles. The van der Waals surface area contributed by atoms with Crippen molar-refractivity contribution in [2.45, 2.75) is 0 Å². The minimum atomic E-state index is -3.28. The molecule has 0 atom stereocenters. The van der Waals surface area contributed by atoms with Crippen LogP contribution >= 0.6 is 0 Å². The SMILES string of the molecule is C[N-]S(=O)(=O)N(C)C.[Na+]. The van der Waals surface area contributed by atoms with Crippen molar-refractivity contribution in [2.75, 3.05) is 21.1 Å². The van der Waals surface area contributed by atoms with E-state index in [0.717, 1.165) is 4.31 Å². The minimum absolute atomic E-state index is 0. The minimum Gasteiger partial charge on any atom is -0.538 e. The third-order valence-electron chi connectivity index (χ3n) is 0.692. The molecular formula is C3H9N2NaO2S. The normalized spacial score (nSPS) is 11.1. The molecule has 0 unspecified atom stereocenters. The Morgan fingerprint density at radius 2 is 1.67 bits per heavy atom. The van der Waals surface area contributed by atoms with Gasteiger partial charge in [-0.2, -0.15) is 0 Å². The summed E-state index contributed by atoms with van der Waals surface area (Å²) in [6.45, 7) is 0. The van der Waals surface area contributed by atoms with Crippen LogP contribution in [-0.2, 0) is 10.2 Å². The van der Waals surface area contributed by atoms with Crippen molar-refractivity contribution in [3.05, 3.63) is 4.72 Å². The molecule has 0 aliphatic heterocycles. The van der Waals surface area contributed by atoms with Crippen LogP contribution < -0.4 is 29.6 Å².